The second kappa shape index (κ2) is 7.49. The first-order valence-electron chi connectivity index (χ1n) is 7.52. The fourth-order valence-corrected chi connectivity index (χ4v) is 2.73. The molecule has 0 unspecified atom stereocenters. The Bertz CT molecular complexity index is 796. The van der Waals surface area contributed by atoms with Crippen LogP contribution in [0, 0.1) is 6.92 Å². The minimum absolute atomic E-state index is 0.178. The molecule has 2 aromatic rings. The normalized spacial score (nSPS) is 11.1. The van der Waals surface area contributed by atoms with E-state index in [0.29, 0.717) is 18.7 Å². The van der Waals surface area contributed by atoms with Crippen LogP contribution in [0.1, 0.15) is 15.9 Å². The summed E-state index contributed by atoms with van der Waals surface area (Å²) in [5.41, 5.74) is 1.60. The molecule has 0 radical (unpaired) electrons. The molecular formula is C18H21NO4S. The standard InChI is InChI=1S/C18H21NO4S/c1-14-4-8-16(9-5-14)23-13-12-19(2)18(20)15-6-10-17(11-7-15)24(3,21)22/h4-11H,12-13H2,1-3H3. The SMILES string of the molecule is Cc1ccc(OCCN(C)C(=O)c2ccc(S(C)(=O)=O)cc2)cc1. The number of rotatable bonds is 6. The number of sulfone groups is 1. The van der Waals surface area contributed by atoms with E-state index in [9.17, 15) is 13.2 Å². The van der Waals surface area contributed by atoms with Crippen LogP contribution < -0.4 is 4.74 Å². The molecule has 0 atom stereocenters. The highest BCUT2D eigenvalue weighted by Gasteiger charge is 2.13. The van der Waals surface area contributed by atoms with Crippen LogP contribution in [-0.2, 0) is 9.84 Å². The molecule has 0 fully saturated rings. The average molecular weight is 347 g/mol. The fraction of sp³-hybridized carbons (Fsp3) is 0.278. The molecule has 128 valence electrons. The molecule has 2 rings (SSSR count). The van der Waals surface area contributed by atoms with E-state index in [-0.39, 0.29) is 10.8 Å². The van der Waals surface area contributed by atoms with Crippen molar-refractivity contribution in [3.8, 4) is 5.75 Å². The number of aryl methyl sites for hydroxylation is 1. The molecule has 0 aromatic heterocycles. The highest BCUT2D eigenvalue weighted by atomic mass is 32.2. The van der Waals surface area contributed by atoms with E-state index in [1.165, 1.54) is 24.3 Å². The van der Waals surface area contributed by atoms with Gasteiger partial charge in [-0.3, -0.25) is 4.79 Å². The van der Waals surface area contributed by atoms with Crippen molar-refractivity contribution in [2.24, 2.45) is 0 Å². The first-order valence-corrected chi connectivity index (χ1v) is 9.41. The number of hydrogen-bond acceptors (Lipinski definition) is 4. The van der Waals surface area contributed by atoms with Gasteiger partial charge in [-0.15, -0.1) is 0 Å². The van der Waals surface area contributed by atoms with Crippen LogP contribution >= 0.6 is 0 Å². The first-order chi connectivity index (χ1) is 11.3. The fourth-order valence-electron chi connectivity index (χ4n) is 2.10. The van der Waals surface area contributed by atoms with Gasteiger partial charge in [0.15, 0.2) is 9.84 Å². The molecule has 24 heavy (non-hydrogen) atoms. The number of carbonyl (C=O) groups is 1. The smallest absolute Gasteiger partial charge is 0.253 e. The van der Waals surface area contributed by atoms with Gasteiger partial charge in [-0.1, -0.05) is 17.7 Å². The second-order valence-corrected chi connectivity index (χ2v) is 7.70. The molecule has 0 saturated carbocycles. The number of benzene rings is 2. The summed E-state index contributed by atoms with van der Waals surface area (Å²) in [6, 6.07) is 13.6. The minimum Gasteiger partial charge on any atom is -0.492 e. The summed E-state index contributed by atoms with van der Waals surface area (Å²) in [7, 11) is -1.57. The zero-order valence-corrected chi connectivity index (χ0v) is 14.8. The van der Waals surface area contributed by atoms with Gasteiger partial charge in [0.1, 0.15) is 12.4 Å². The lowest BCUT2D eigenvalue weighted by atomic mass is 10.2. The van der Waals surface area contributed by atoms with E-state index in [1.54, 1.807) is 11.9 Å². The second-order valence-electron chi connectivity index (χ2n) is 5.68. The average Bonchev–Trinajstić information content (AvgIpc) is 2.55. The van der Waals surface area contributed by atoms with Crippen LogP contribution in [0.3, 0.4) is 0 Å². The zero-order valence-electron chi connectivity index (χ0n) is 14.0. The minimum atomic E-state index is -3.26. The summed E-state index contributed by atoms with van der Waals surface area (Å²) < 4.78 is 28.5. The molecule has 0 spiro atoms. The van der Waals surface area contributed by atoms with Crippen LogP contribution in [0.2, 0.25) is 0 Å². The van der Waals surface area contributed by atoms with Gasteiger partial charge in [-0.05, 0) is 43.3 Å². The number of ether oxygens (including phenoxy) is 1. The molecule has 0 bridgehead atoms. The summed E-state index contributed by atoms with van der Waals surface area (Å²) >= 11 is 0. The highest BCUT2D eigenvalue weighted by molar-refractivity contribution is 7.90. The Morgan fingerprint density at radius 3 is 2.17 bits per heavy atom. The van der Waals surface area contributed by atoms with E-state index in [4.69, 9.17) is 4.74 Å². The summed E-state index contributed by atoms with van der Waals surface area (Å²) in [6.45, 7) is 2.82. The number of likely N-dealkylation sites (N-methyl/N-ethyl adjacent to an activating group) is 1. The summed E-state index contributed by atoms with van der Waals surface area (Å²) in [6.07, 6.45) is 1.14. The lowest BCUT2D eigenvalue weighted by Crippen LogP contribution is -2.30. The number of carbonyl (C=O) groups excluding carboxylic acids is 1. The van der Waals surface area contributed by atoms with Gasteiger partial charge in [-0.2, -0.15) is 0 Å². The molecule has 0 saturated heterocycles. The third-order valence-corrected chi connectivity index (χ3v) is 4.72. The predicted molar refractivity (Wildman–Crippen MR) is 93.2 cm³/mol. The van der Waals surface area contributed by atoms with Gasteiger partial charge < -0.3 is 9.64 Å². The van der Waals surface area contributed by atoms with Gasteiger partial charge in [0.2, 0.25) is 0 Å². The van der Waals surface area contributed by atoms with Crippen molar-refractivity contribution in [1.82, 2.24) is 4.90 Å². The molecule has 1 amide bonds. The van der Waals surface area contributed by atoms with Crippen LogP contribution in [0.5, 0.6) is 5.75 Å². The molecule has 5 nitrogen and oxygen atoms in total. The monoisotopic (exact) mass is 347 g/mol. The molecule has 0 N–H and O–H groups in total. The maximum Gasteiger partial charge on any atom is 0.253 e. The Morgan fingerprint density at radius 2 is 1.62 bits per heavy atom. The van der Waals surface area contributed by atoms with Gasteiger partial charge >= 0.3 is 0 Å². The molecule has 6 heteroatoms. The number of hydrogen-bond donors (Lipinski definition) is 0. The number of amides is 1. The maximum absolute atomic E-state index is 12.3. The van der Waals surface area contributed by atoms with Crippen molar-refractivity contribution in [2.45, 2.75) is 11.8 Å². The Hall–Kier alpha value is -2.34. The quantitative estimate of drug-likeness (QED) is 0.806. The summed E-state index contributed by atoms with van der Waals surface area (Å²) in [5, 5.41) is 0. The Balaban J connectivity index is 1.90. The van der Waals surface area contributed by atoms with Crippen molar-refractivity contribution in [3.05, 3.63) is 59.7 Å². The van der Waals surface area contributed by atoms with E-state index < -0.39 is 9.84 Å². The molecule has 2 aromatic carbocycles. The summed E-state index contributed by atoms with van der Waals surface area (Å²) in [4.78, 5) is 14.1. The van der Waals surface area contributed by atoms with Gasteiger partial charge in [0.25, 0.3) is 5.91 Å². The first kappa shape index (κ1) is 18.0. The number of nitrogens with zero attached hydrogens (tertiary/aromatic N) is 1. The Morgan fingerprint density at radius 1 is 1.04 bits per heavy atom. The van der Waals surface area contributed by atoms with Crippen molar-refractivity contribution < 1.29 is 17.9 Å². The van der Waals surface area contributed by atoms with Crippen molar-refractivity contribution in [3.63, 3.8) is 0 Å². The highest BCUT2D eigenvalue weighted by Crippen LogP contribution is 2.13. The zero-order chi connectivity index (χ0) is 17.7. The molecule has 0 heterocycles. The van der Waals surface area contributed by atoms with E-state index in [2.05, 4.69) is 0 Å². The van der Waals surface area contributed by atoms with Gasteiger partial charge in [0.05, 0.1) is 11.4 Å². The summed E-state index contributed by atoms with van der Waals surface area (Å²) in [5.74, 6) is 0.585. The lowest BCUT2D eigenvalue weighted by Gasteiger charge is -2.17. The molecule has 0 aliphatic carbocycles. The van der Waals surface area contributed by atoms with Crippen LogP contribution in [0.15, 0.2) is 53.4 Å². The van der Waals surface area contributed by atoms with Gasteiger partial charge in [-0.25, -0.2) is 8.42 Å². The molecular weight excluding hydrogens is 326 g/mol. The topological polar surface area (TPSA) is 63.7 Å². The van der Waals surface area contributed by atoms with Crippen LogP contribution in [0.4, 0.5) is 0 Å². The predicted octanol–water partition coefficient (Wildman–Crippen LogP) is 2.55. The molecule has 0 aliphatic heterocycles. The van der Waals surface area contributed by atoms with Crippen molar-refractivity contribution >= 4 is 15.7 Å². The van der Waals surface area contributed by atoms with Crippen molar-refractivity contribution in [1.29, 1.82) is 0 Å². The van der Waals surface area contributed by atoms with E-state index >= 15 is 0 Å². The maximum atomic E-state index is 12.3. The third-order valence-electron chi connectivity index (χ3n) is 3.59. The van der Waals surface area contributed by atoms with Crippen molar-refractivity contribution in [2.75, 3.05) is 26.5 Å². The van der Waals surface area contributed by atoms with Crippen LogP contribution in [-0.4, -0.2) is 45.7 Å². The molecule has 0 aliphatic rings. The third kappa shape index (κ3) is 4.83. The Kier molecular flexibility index (Phi) is 5.62. The van der Waals surface area contributed by atoms with Crippen LogP contribution in [0.25, 0.3) is 0 Å². The van der Waals surface area contributed by atoms with Gasteiger partial charge in [0, 0.05) is 18.9 Å². The largest absolute Gasteiger partial charge is 0.492 e. The Labute approximate surface area is 142 Å². The van der Waals surface area contributed by atoms with E-state index in [0.717, 1.165) is 17.6 Å². The van der Waals surface area contributed by atoms with E-state index in [1.807, 2.05) is 31.2 Å². The lowest BCUT2D eigenvalue weighted by molar-refractivity contribution is 0.0773.